The van der Waals surface area contributed by atoms with Gasteiger partial charge in [0.25, 0.3) is 0 Å². The third-order valence-electron chi connectivity index (χ3n) is 0. The summed E-state index contributed by atoms with van der Waals surface area (Å²) in [5.41, 5.74) is 0. The Hall–Kier alpha value is 2.56. The predicted molar refractivity (Wildman–Crippen MR) is 18.0 cm³/mol. The van der Waals surface area contributed by atoms with Crippen molar-refractivity contribution < 1.29 is 50.6 Å². The van der Waals surface area contributed by atoms with Crippen LogP contribution in [0.5, 0.6) is 0 Å². The first-order chi connectivity index (χ1) is 0. The molecule has 0 aliphatic carbocycles. The van der Waals surface area contributed by atoms with Gasteiger partial charge in [-0.2, -0.15) is 0 Å². The summed E-state index contributed by atoms with van der Waals surface area (Å²) in [6.45, 7) is 0. The van der Waals surface area contributed by atoms with Gasteiger partial charge in [0.15, 0.2) is 0 Å². The molecule has 0 fully saturated rings. The Labute approximate surface area is 99.9 Å². The summed E-state index contributed by atoms with van der Waals surface area (Å²) in [6, 6.07) is 0. The van der Waals surface area contributed by atoms with Crippen LogP contribution in [0.15, 0.2) is 0 Å². The zero-order chi connectivity index (χ0) is 0. The van der Waals surface area contributed by atoms with Crippen molar-refractivity contribution in [3.05, 3.63) is 0 Å². The van der Waals surface area contributed by atoms with E-state index in [0.29, 0.717) is 0 Å². The molecule has 0 aliphatic rings. The monoisotopic (exact) mass is 206 g/mol. The van der Waals surface area contributed by atoms with Crippen LogP contribution in [0.25, 0.3) is 0 Å². The molecular weight excluding hydrogens is 199 g/mol. The molecule has 0 unspecified atom stereocenters. The minimum absolute atomic E-state index is 0. The number of rotatable bonds is 0. The quantitative estimate of drug-likeness (QED) is 0.374. The van der Waals surface area contributed by atoms with E-state index >= 15 is 0 Å². The van der Waals surface area contributed by atoms with E-state index in [1.54, 1.807) is 0 Å². The predicted octanol–water partition coefficient (Wildman–Crippen LogP) is -3.13. The fourth-order valence-corrected chi connectivity index (χ4v) is 0. The van der Waals surface area contributed by atoms with E-state index in [9.17, 15) is 0 Å². The Balaban J connectivity index is 0. The van der Waals surface area contributed by atoms with Crippen LogP contribution in [0.4, 0.5) is 0 Å². The zero-order valence-electron chi connectivity index (χ0n) is 2.21. The normalized spacial score (nSPS) is 0. The van der Waals surface area contributed by atoms with Crippen molar-refractivity contribution in [3.8, 4) is 0 Å². The van der Waals surface area contributed by atoms with Gasteiger partial charge in [0, 0.05) is 34.1 Å². The van der Waals surface area contributed by atoms with Gasteiger partial charge < -0.3 is 16.4 Å². The van der Waals surface area contributed by atoms with Gasteiger partial charge in [0.2, 0.25) is 0 Å². The molecule has 3 nitrogen and oxygen atoms in total. The Bertz CT molecular complexity index is 8.75. The van der Waals surface area contributed by atoms with Crippen molar-refractivity contribution in [2.45, 2.75) is 0 Å². The van der Waals surface area contributed by atoms with Crippen molar-refractivity contribution >= 4 is 51.4 Å². The van der Waals surface area contributed by atoms with Gasteiger partial charge in [-0.25, -0.2) is 0 Å². The third-order valence-corrected chi connectivity index (χ3v) is 0. The van der Waals surface area contributed by atoms with Crippen LogP contribution in [0.1, 0.15) is 0 Å². The molecule has 0 radical (unpaired) electrons. The zero-order valence-corrected chi connectivity index (χ0v) is 4.42. The van der Waals surface area contributed by atoms with E-state index < -0.39 is 0 Å². The molecule has 6 N–H and O–H groups in total. The molecule has 0 spiro atoms. The Kier molecular flexibility index (Phi) is 620. The average molecular weight is 206 g/mol. The van der Waals surface area contributed by atoms with Gasteiger partial charge in [-0.15, -0.1) is 0 Å². The molecule has 0 saturated heterocycles. The topological polar surface area (TPSA) is 94.5 Å². The second-order valence-electron chi connectivity index (χ2n) is 0. The van der Waals surface area contributed by atoms with Crippen LogP contribution in [-0.2, 0) is 34.1 Å². The molecule has 0 aromatic carbocycles. The molecule has 0 aromatic heterocycles. The summed E-state index contributed by atoms with van der Waals surface area (Å²) < 4.78 is 0. The molecule has 6 heteroatoms. The molecule has 0 saturated carbocycles. The van der Waals surface area contributed by atoms with Crippen LogP contribution in [0.2, 0.25) is 0 Å². The second kappa shape index (κ2) is 49.7. The van der Waals surface area contributed by atoms with Crippen LogP contribution >= 0.6 is 0 Å². The van der Waals surface area contributed by atoms with E-state index in [0.717, 1.165) is 0 Å². The fourth-order valence-electron chi connectivity index (χ4n) is 0. The second-order valence-corrected chi connectivity index (χ2v) is 0. The average Bonchev–Trinajstić information content (AvgIpc) is 0. The Morgan fingerprint density at radius 1 is 0.500 bits per heavy atom. The fraction of sp³-hybridized carbons (Fsp3) is 0. The minimum atomic E-state index is 0. The maximum absolute atomic E-state index is 0. The Morgan fingerprint density at radius 3 is 0.500 bits per heavy atom. The van der Waals surface area contributed by atoms with Gasteiger partial charge in [0.1, 0.15) is 0 Å². The molecule has 0 aromatic rings. The molecule has 0 aliphatic heterocycles. The summed E-state index contributed by atoms with van der Waals surface area (Å²) in [5.74, 6) is 0. The van der Waals surface area contributed by atoms with Crippen LogP contribution in [-0.4, -0.2) is 67.8 Å². The molecule has 0 amide bonds. The molecule has 0 bridgehead atoms. The van der Waals surface area contributed by atoms with Crippen molar-refractivity contribution in [2.75, 3.05) is 0 Å². The molecule has 0 heterocycles. The molecular formula is H7Fe2KO3. The molecule has 0 atom stereocenters. The summed E-state index contributed by atoms with van der Waals surface area (Å²) in [4.78, 5) is 0. The summed E-state index contributed by atoms with van der Waals surface area (Å²) in [5, 5.41) is 0. The Morgan fingerprint density at radius 2 is 0.500 bits per heavy atom. The first-order valence-corrected chi connectivity index (χ1v) is 0. The van der Waals surface area contributed by atoms with E-state index in [2.05, 4.69) is 0 Å². The van der Waals surface area contributed by atoms with Gasteiger partial charge >= 0.3 is 51.4 Å². The van der Waals surface area contributed by atoms with Crippen molar-refractivity contribution in [1.82, 2.24) is 0 Å². The number of hydrogen-bond acceptors (Lipinski definition) is 0. The molecule has 6 heavy (non-hydrogen) atoms. The third kappa shape index (κ3) is 31.0. The van der Waals surface area contributed by atoms with Gasteiger partial charge in [0.05, 0.1) is 0 Å². The van der Waals surface area contributed by atoms with Crippen LogP contribution in [0.3, 0.4) is 0 Å². The van der Waals surface area contributed by atoms with E-state index in [-0.39, 0.29) is 102 Å². The van der Waals surface area contributed by atoms with Gasteiger partial charge in [-0.05, 0) is 0 Å². The van der Waals surface area contributed by atoms with E-state index in [1.807, 2.05) is 0 Å². The summed E-state index contributed by atoms with van der Waals surface area (Å²) in [7, 11) is 0. The van der Waals surface area contributed by atoms with E-state index in [1.165, 1.54) is 0 Å². The number of hydrogen-bond donors (Lipinski definition) is 0. The van der Waals surface area contributed by atoms with Crippen molar-refractivity contribution in [3.63, 3.8) is 0 Å². The maximum atomic E-state index is 0. The SMILES string of the molecule is O.O.O.[Fe].[Fe].[KH]. The summed E-state index contributed by atoms with van der Waals surface area (Å²) in [6.07, 6.45) is 0. The van der Waals surface area contributed by atoms with Crippen LogP contribution in [0, 0.1) is 0 Å². The summed E-state index contributed by atoms with van der Waals surface area (Å²) >= 11 is 0. The standard InChI is InChI=1S/2Fe.K.3H2O.H/h;;;3*1H2;. The van der Waals surface area contributed by atoms with Gasteiger partial charge in [-0.3, -0.25) is 0 Å². The van der Waals surface area contributed by atoms with Gasteiger partial charge in [-0.1, -0.05) is 0 Å². The van der Waals surface area contributed by atoms with Crippen molar-refractivity contribution in [2.24, 2.45) is 0 Å². The molecule has 0 rings (SSSR count). The first-order valence-electron chi connectivity index (χ1n) is 0. The first kappa shape index (κ1) is 74.8. The van der Waals surface area contributed by atoms with Crippen molar-refractivity contribution in [1.29, 1.82) is 0 Å². The van der Waals surface area contributed by atoms with E-state index in [4.69, 9.17) is 0 Å². The van der Waals surface area contributed by atoms with Crippen LogP contribution < -0.4 is 0 Å². The molecule has 42 valence electrons.